The predicted octanol–water partition coefficient (Wildman–Crippen LogP) is 5.16. The molecule has 0 saturated heterocycles. The van der Waals surface area contributed by atoms with Gasteiger partial charge in [0.25, 0.3) is 5.91 Å². The highest BCUT2D eigenvalue weighted by atomic mass is 35.5. The van der Waals surface area contributed by atoms with Crippen LogP contribution in [0, 0.1) is 23.1 Å². The Morgan fingerprint density at radius 3 is 2.45 bits per heavy atom. The molecular formula is C32H45ClFN5O3. The van der Waals surface area contributed by atoms with E-state index in [0.717, 1.165) is 38.6 Å². The Labute approximate surface area is 253 Å². The second-order valence-electron chi connectivity index (χ2n) is 14.6. The number of hydrogen-bond donors (Lipinski definition) is 3. The molecule has 1 aromatic heterocycles. The molecule has 2 bridgehead atoms. The fourth-order valence-electron chi connectivity index (χ4n) is 7.99. The average molecular weight is 602 g/mol. The molecule has 0 unspecified atom stereocenters. The lowest BCUT2D eigenvalue weighted by Crippen LogP contribution is -2.65. The van der Waals surface area contributed by atoms with Crippen LogP contribution in [0.1, 0.15) is 89.3 Å². The number of imidazole rings is 1. The SMILES string of the molecule is C[C@@H]1C[C@]2(O)C[C@H](C)C[C@@](NC(=O)[C@@H](NC(=O)c3nc(-c4cc(Cl)ccc4F)n4c3CN(C)CCC4)C(C)(C)C)(C1)C2. The van der Waals surface area contributed by atoms with Crippen LogP contribution in [-0.4, -0.2) is 62.1 Å². The molecule has 2 fully saturated rings. The Hall–Kier alpha value is -2.49. The van der Waals surface area contributed by atoms with E-state index in [9.17, 15) is 19.1 Å². The smallest absolute Gasteiger partial charge is 0.272 e. The number of fused-ring (bicyclic) bond motifs is 3. The summed E-state index contributed by atoms with van der Waals surface area (Å²) in [5.74, 6) is -0.282. The highest BCUT2D eigenvalue weighted by Gasteiger charge is 2.53. The second kappa shape index (κ2) is 11.2. The van der Waals surface area contributed by atoms with E-state index in [1.54, 1.807) is 0 Å². The van der Waals surface area contributed by atoms with Gasteiger partial charge < -0.3 is 25.2 Å². The van der Waals surface area contributed by atoms with Crippen molar-refractivity contribution >= 4 is 23.4 Å². The lowest BCUT2D eigenvalue weighted by atomic mass is 9.58. The van der Waals surface area contributed by atoms with Crippen LogP contribution in [0.5, 0.6) is 0 Å². The Morgan fingerprint density at radius 2 is 1.81 bits per heavy atom. The van der Waals surface area contributed by atoms with Gasteiger partial charge in [0, 0.05) is 23.7 Å². The maximum atomic E-state index is 15.0. The summed E-state index contributed by atoms with van der Waals surface area (Å²) in [6, 6.07) is 3.47. The summed E-state index contributed by atoms with van der Waals surface area (Å²) in [5.41, 5.74) is -0.800. The molecule has 2 aliphatic carbocycles. The van der Waals surface area contributed by atoms with Crippen LogP contribution in [0.25, 0.3) is 11.4 Å². The highest BCUT2D eigenvalue weighted by molar-refractivity contribution is 6.30. The third-order valence-electron chi connectivity index (χ3n) is 9.19. The van der Waals surface area contributed by atoms with E-state index in [0.29, 0.717) is 36.1 Å². The molecule has 2 heterocycles. The third-order valence-corrected chi connectivity index (χ3v) is 9.43. The number of nitrogens with zero attached hydrogens (tertiary/aromatic N) is 3. The van der Waals surface area contributed by atoms with Crippen molar-refractivity contribution in [3.8, 4) is 11.4 Å². The van der Waals surface area contributed by atoms with Gasteiger partial charge >= 0.3 is 0 Å². The van der Waals surface area contributed by atoms with Crippen molar-refractivity contribution in [2.24, 2.45) is 17.3 Å². The molecule has 2 saturated carbocycles. The zero-order valence-corrected chi connectivity index (χ0v) is 26.4. The van der Waals surface area contributed by atoms with E-state index in [2.05, 4.69) is 34.4 Å². The molecule has 0 spiro atoms. The number of rotatable bonds is 5. The fourth-order valence-corrected chi connectivity index (χ4v) is 8.16. The van der Waals surface area contributed by atoms with Gasteiger partial charge in [-0.15, -0.1) is 0 Å². The molecular weight excluding hydrogens is 557 g/mol. The number of carbonyl (C=O) groups excluding carboxylic acids is 2. The van der Waals surface area contributed by atoms with Crippen LogP contribution in [0.2, 0.25) is 5.02 Å². The molecule has 230 valence electrons. The molecule has 2 amide bonds. The Bertz CT molecular complexity index is 1350. The number of aromatic nitrogens is 2. The Balaban J connectivity index is 1.47. The number of aliphatic hydroxyl groups is 1. The molecule has 5 rings (SSSR count). The largest absolute Gasteiger partial charge is 0.390 e. The first-order chi connectivity index (χ1) is 19.6. The summed E-state index contributed by atoms with van der Waals surface area (Å²) < 4.78 is 16.9. The van der Waals surface area contributed by atoms with Gasteiger partial charge in [-0.2, -0.15) is 0 Å². The fraction of sp³-hybridized carbons (Fsp3) is 0.656. The normalized spacial score (nSPS) is 28.9. The summed E-state index contributed by atoms with van der Waals surface area (Å²) >= 11 is 6.22. The van der Waals surface area contributed by atoms with Crippen LogP contribution in [-0.2, 0) is 17.9 Å². The molecule has 1 aromatic carbocycles. The van der Waals surface area contributed by atoms with Crippen LogP contribution in [0.3, 0.4) is 0 Å². The molecule has 2 aromatic rings. The van der Waals surface area contributed by atoms with Crippen molar-refractivity contribution in [1.29, 1.82) is 0 Å². The van der Waals surface area contributed by atoms with Gasteiger partial charge in [-0.05, 0) is 87.6 Å². The van der Waals surface area contributed by atoms with Crippen molar-refractivity contribution in [2.75, 3.05) is 13.6 Å². The lowest BCUT2D eigenvalue weighted by molar-refractivity contribution is -0.135. The number of benzene rings is 1. The molecule has 3 aliphatic rings. The zero-order valence-electron chi connectivity index (χ0n) is 25.7. The highest BCUT2D eigenvalue weighted by Crippen LogP contribution is 2.49. The average Bonchev–Trinajstić information content (AvgIpc) is 3.07. The van der Waals surface area contributed by atoms with Gasteiger partial charge in [-0.3, -0.25) is 9.59 Å². The minimum atomic E-state index is -0.853. The van der Waals surface area contributed by atoms with E-state index in [4.69, 9.17) is 11.6 Å². The number of hydrogen-bond acceptors (Lipinski definition) is 5. The van der Waals surface area contributed by atoms with Crippen LogP contribution in [0.4, 0.5) is 4.39 Å². The first kappa shape index (κ1) is 31.0. The van der Waals surface area contributed by atoms with E-state index < -0.39 is 34.3 Å². The number of halogens is 2. The third kappa shape index (κ3) is 6.24. The van der Waals surface area contributed by atoms with Gasteiger partial charge in [0.2, 0.25) is 5.91 Å². The molecule has 3 N–H and O–H groups in total. The van der Waals surface area contributed by atoms with Crippen molar-refractivity contribution in [2.45, 2.75) is 103 Å². The van der Waals surface area contributed by atoms with Crippen LogP contribution >= 0.6 is 11.6 Å². The topological polar surface area (TPSA) is 99.5 Å². The van der Waals surface area contributed by atoms with Gasteiger partial charge in [-0.1, -0.05) is 46.2 Å². The van der Waals surface area contributed by atoms with Crippen molar-refractivity contribution < 1.29 is 19.1 Å². The van der Waals surface area contributed by atoms with Crippen molar-refractivity contribution in [1.82, 2.24) is 25.1 Å². The second-order valence-corrected chi connectivity index (χ2v) is 15.0. The van der Waals surface area contributed by atoms with Crippen molar-refractivity contribution in [3.63, 3.8) is 0 Å². The maximum Gasteiger partial charge on any atom is 0.272 e. The number of nitrogens with one attached hydrogen (secondary N) is 2. The predicted molar refractivity (Wildman–Crippen MR) is 162 cm³/mol. The molecule has 5 atom stereocenters. The Kier molecular flexibility index (Phi) is 8.26. The summed E-state index contributed by atoms with van der Waals surface area (Å²) in [6.45, 7) is 11.9. The lowest BCUT2D eigenvalue weighted by Gasteiger charge is -2.54. The quantitative estimate of drug-likeness (QED) is 0.440. The molecule has 1 aliphatic heterocycles. The minimum Gasteiger partial charge on any atom is -0.390 e. The monoisotopic (exact) mass is 601 g/mol. The maximum absolute atomic E-state index is 15.0. The van der Waals surface area contributed by atoms with Crippen LogP contribution in [0.15, 0.2) is 18.2 Å². The number of amides is 2. The van der Waals surface area contributed by atoms with Crippen molar-refractivity contribution in [3.05, 3.63) is 40.4 Å². The van der Waals surface area contributed by atoms with Crippen LogP contribution < -0.4 is 10.6 Å². The Morgan fingerprint density at radius 1 is 1.14 bits per heavy atom. The summed E-state index contributed by atoms with van der Waals surface area (Å²) in [6.07, 6.45) is 4.42. The van der Waals surface area contributed by atoms with E-state index in [-0.39, 0.29) is 29.0 Å². The molecule has 0 radical (unpaired) electrons. The first-order valence-corrected chi connectivity index (χ1v) is 15.5. The van der Waals surface area contributed by atoms with Gasteiger partial charge in [0.1, 0.15) is 17.7 Å². The molecule has 10 heteroatoms. The number of carbonyl (C=O) groups is 2. The zero-order chi connectivity index (χ0) is 30.6. The van der Waals surface area contributed by atoms with E-state index in [1.807, 2.05) is 32.4 Å². The molecule has 8 nitrogen and oxygen atoms in total. The summed E-state index contributed by atoms with van der Waals surface area (Å²) in [5, 5.41) is 18.1. The summed E-state index contributed by atoms with van der Waals surface area (Å²) in [7, 11) is 1.98. The van der Waals surface area contributed by atoms with Gasteiger partial charge in [0.15, 0.2) is 5.69 Å². The van der Waals surface area contributed by atoms with Gasteiger partial charge in [-0.25, -0.2) is 9.37 Å². The first-order valence-electron chi connectivity index (χ1n) is 15.2. The summed E-state index contributed by atoms with van der Waals surface area (Å²) in [4.78, 5) is 34.8. The molecule has 42 heavy (non-hydrogen) atoms. The standard InChI is InChI=1S/C32H45ClFN5O3/c1-19-13-31(14-20(2)16-32(42,15-19)18-31)37-29(41)26(30(3,4)5)36-28(40)25-24-17-38(6)10-7-11-39(24)27(35-25)22-12-21(33)8-9-23(22)34/h8-9,12,19-20,26,42H,7,10-11,13-18H2,1-6H3,(H,36,40)(H,37,41)/t19-,20+,26-,31-,32-/m1/s1. The van der Waals surface area contributed by atoms with E-state index in [1.165, 1.54) is 18.2 Å². The van der Waals surface area contributed by atoms with Gasteiger partial charge in [0.05, 0.1) is 16.9 Å². The minimum absolute atomic E-state index is 0.185. The van der Waals surface area contributed by atoms with E-state index >= 15 is 0 Å².